The molecule has 0 aliphatic carbocycles. The van der Waals surface area contributed by atoms with Crippen LogP contribution in [-0.4, -0.2) is 56.4 Å². The summed E-state index contributed by atoms with van der Waals surface area (Å²) in [5.41, 5.74) is 3.31. The number of rotatable bonds is 9. The minimum atomic E-state index is -0.341. The van der Waals surface area contributed by atoms with E-state index >= 15 is 0 Å². The van der Waals surface area contributed by atoms with Crippen molar-refractivity contribution in [1.82, 2.24) is 10.2 Å². The zero-order chi connectivity index (χ0) is 22.1. The number of methoxy groups -OCH3 is 1. The van der Waals surface area contributed by atoms with Crippen LogP contribution in [0.4, 0.5) is 11.4 Å². The molecule has 2 aromatic carbocycles. The van der Waals surface area contributed by atoms with E-state index in [0.717, 1.165) is 16.8 Å². The number of hydrogen-bond acceptors (Lipinski definition) is 5. The Morgan fingerprint density at radius 2 is 1.47 bits per heavy atom. The fraction of sp³-hybridized carbons (Fsp3) is 0.318. The fourth-order valence-corrected chi connectivity index (χ4v) is 2.85. The first-order chi connectivity index (χ1) is 14.3. The summed E-state index contributed by atoms with van der Waals surface area (Å²) < 4.78 is 5.07. The van der Waals surface area contributed by atoms with Gasteiger partial charge in [0.15, 0.2) is 0 Å². The second-order valence-electron chi connectivity index (χ2n) is 7.04. The van der Waals surface area contributed by atoms with Crippen LogP contribution in [0.25, 0.3) is 0 Å². The van der Waals surface area contributed by atoms with Gasteiger partial charge in [-0.25, -0.2) is 0 Å². The van der Waals surface area contributed by atoms with Gasteiger partial charge in [0.2, 0.25) is 17.7 Å². The van der Waals surface area contributed by atoms with Crippen LogP contribution < -0.4 is 20.7 Å². The molecule has 3 amide bonds. The van der Waals surface area contributed by atoms with Crippen LogP contribution in [0.3, 0.4) is 0 Å². The maximum absolute atomic E-state index is 12.1. The fourth-order valence-electron chi connectivity index (χ4n) is 2.85. The van der Waals surface area contributed by atoms with Crippen molar-refractivity contribution in [2.24, 2.45) is 0 Å². The van der Waals surface area contributed by atoms with E-state index in [2.05, 4.69) is 16.0 Å². The van der Waals surface area contributed by atoms with Gasteiger partial charge in [0, 0.05) is 11.4 Å². The first-order valence-corrected chi connectivity index (χ1v) is 9.53. The third kappa shape index (κ3) is 7.21. The van der Waals surface area contributed by atoms with E-state index in [0.29, 0.717) is 11.4 Å². The molecule has 0 unspecified atom stereocenters. The third-order valence-electron chi connectivity index (χ3n) is 4.39. The quantitative estimate of drug-likeness (QED) is 0.585. The minimum absolute atomic E-state index is 0.00724. The van der Waals surface area contributed by atoms with Gasteiger partial charge in [-0.1, -0.05) is 18.2 Å². The van der Waals surface area contributed by atoms with Crippen LogP contribution in [0.5, 0.6) is 5.75 Å². The largest absolute Gasteiger partial charge is 0.497 e. The van der Waals surface area contributed by atoms with Crippen molar-refractivity contribution in [2.45, 2.75) is 13.8 Å². The second kappa shape index (κ2) is 11.0. The first kappa shape index (κ1) is 22.9. The zero-order valence-corrected chi connectivity index (χ0v) is 17.7. The molecule has 160 valence electrons. The molecule has 0 fully saturated rings. The second-order valence-corrected chi connectivity index (χ2v) is 7.04. The normalized spacial score (nSPS) is 10.4. The summed E-state index contributed by atoms with van der Waals surface area (Å²) in [5, 5.41) is 8.14. The van der Waals surface area contributed by atoms with Gasteiger partial charge in [0.1, 0.15) is 5.75 Å². The van der Waals surface area contributed by atoms with E-state index in [9.17, 15) is 14.4 Å². The molecular formula is C22H28N4O4. The zero-order valence-electron chi connectivity index (χ0n) is 17.7. The Morgan fingerprint density at radius 1 is 0.867 bits per heavy atom. The molecule has 0 bridgehead atoms. The van der Waals surface area contributed by atoms with Crippen molar-refractivity contribution >= 4 is 29.1 Å². The van der Waals surface area contributed by atoms with E-state index in [1.54, 1.807) is 43.3 Å². The highest BCUT2D eigenvalue weighted by atomic mass is 16.5. The molecule has 0 spiro atoms. The molecule has 0 aliphatic heterocycles. The molecular weight excluding hydrogens is 384 g/mol. The number of nitrogens with zero attached hydrogens (tertiary/aromatic N) is 1. The number of amides is 3. The Hall–Kier alpha value is -3.39. The number of likely N-dealkylation sites (N-methyl/N-ethyl adjacent to an activating group) is 1. The Labute approximate surface area is 176 Å². The van der Waals surface area contributed by atoms with Crippen LogP contribution in [0, 0.1) is 13.8 Å². The van der Waals surface area contributed by atoms with E-state index in [1.165, 1.54) is 0 Å². The van der Waals surface area contributed by atoms with Gasteiger partial charge >= 0.3 is 0 Å². The first-order valence-electron chi connectivity index (χ1n) is 9.53. The van der Waals surface area contributed by atoms with Crippen molar-refractivity contribution in [2.75, 3.05) is 44.4 Å². The number of ether oxygens (including phenoxy) is 1. The molecule has 0 heterocycles. The number of carbonyl (C=O) groups is 3. The summed E-state index contributed by atoms with van der Waals surface area (Å²) in [6.07, 6.45) is 0. The lowest BCUT2D eigenvalue weighted by atomic mass is 10.1. The standard InChI is InChI=1S/C22H28N4O4/c1-15-6-5-7-16(2)22(15)25-19(27)12-23-20(28)13-26(3)14-21(29)24-17-8-10-18(30-4)11-9-17/h5-11H,12-14H2,1-4H3,(H,23,28)(H,24,29)(H,25,27). The van der Waals surface area contributed by atoms with Crippen LogP contribution >= 0.6 is 0 Å². The number of hydrogen-bond donors (Lipinski definition) is 3. The van der Waals surface area contributed by atoms with Gasteiger partial charge in [-0.05, 0) is 56.3 Å². The maximum atomic E-state index is 12.1. The van der Waals surface area contributed by atoms with Gasteiger partial charge in [-0.15, -0.1) is 0 Å². The summed E-state index contributed by atoms with van der Waals surface area (Å²) in [5.74, 6) is -0.196. The van der Waals surface area contributed by atoms with E-state index in [4.69, 9.17) is 4.74 Å². The van der Waals surface area contributed by atoms with E-state index in [-0.39, 0.29) is 37.4 Å². The Kier molecular flexibility index (Phi) is 8.37. The summed E-state index contributed by atoms with van der Waals surface area (Å²) in [6.45, 7) is 3.71. The van der Waals surface area contributed by atoms with Crippen molar-refractivity contribution < 1.29 is 19.1 Å². The van der Waals surface area contributed by atoms with Crippen LogP contribution in [0.1, 0.15) is 11.1 Å². The van der Waals surface area contributed by atoms with Gasteiger partial charge in [-0.2, -0.15) is 0 Å². The predicted octanol–water partition coefficient (Wildman–Crippen LogP) is 1.94. The Balaban J connectivity index is 1.73. The lowest BCUT2D eigenvalue weighted by Gasteiger charge is -2.16. The summed E-state index contributed by atoms with van der Waals surface area (Å²) in [6, 6.07) is 12.7. The average molecular weight is 412 g/mol. The van der Waals surface area contributed by atoms with Crippen LogP contribution in [0.2, 0.25) is 0 Å². The molecule has 0 saturated carbocycles. The maximum Gasteiger partial charge on any atom is 0.243 e. The summed E-state index contributed by atoms with van der Waals surface area (Å²) >= 11 is 0. The number of aryl methyl sites for hydroxylation is 2. The monoisotopic (exact) mass is 412 g/mol. The number of para-hydroxylation sites is 1. The molecule has 2 rings (SSSR count). The highest BCUT2D eigenvalue weighted by Crippen LogP contribution is 2.19. The molecule has 30 heavy (non-hydrogen) atoms. The summed E-state index contributed by atoms with van der Waals surface area (Å²) in [4.78, 5) is 37.9. The van der Waals surface area contributed by atoms with Crippen LogP contribution in [0.15, 0.2) is 42.5 Å². The highest BCUT2D eigenvalue weighted by Gasteiger charge is 2.13. The van der Waals surface area contributed by atoms with Crippen molar-refractivity contribution in [3.8, 4) is 5.75 Å². The minimum Gasteiger partial charge on any atom is -0.497 e. The molecule has 8 heteroatoms. The van der Waals surface area contributed by atoms with Crippen molar-refractivity contribution in [1.29, 1.82) is 0 Å². The molecule has 0 aromatic heterocycles. The average Bonchev–Trinajstić information content (AvgIpc) is 2.69. The predicted molar refractivity (Wildman–Crippen MR) is 117 cm³/mol. The molecule has 0 aliphatic rings. The molecule has 3 N–H and O–H groups in total. The molecule has 0 radical (unpaired) electrons. The number of carbonyl (C=O) groups excluding carboxylic acids is 3. The molecule has 2 aromatic rings. The van der Waals surface area contributed by atoms with Crippen LogP contribution in [-0.2, 0) is 14.4 Å². The number of nitrogens with one attached hydrogen (secondary N) is 3. The number of benzene rings is 2. The lowest BCUT2D eigenvalue weighted by Crippen LogP contribution is -2.41. The van der Waals surface area contributed by atoms with Gasteiger partial charge < -0.3 is 20.7 Å². The van der Waals surface area contributed by atoms with Gasteiger partial charge in [0.05, 0.1) is 26.7 Å². The van der Waals surface area contributed by atoms with Crippen molar-refractivity contribution in [3.63, 3.8) is 0 Å². The smallest absolute Gasteiger partial charge is 0.243 e. The number of anilines is 2. The van der Waals surface area contributed by atoms with Crippen molar-refractivity contribution in [3.05, 3.63) is 53.6 Å². The molecule has 0 atom stereocenters. The topological polar surface area (TPSA) is 99.8 Å². The lowest BCUT2D eigenvalue weighted by molar-refractivity contribution is -0.125. The van der Waals surface area contributed by atoms with E-state index < -0.39 is 0 Å². The molecule has 8 nitrogen and oxygen atoms in total. The molecule has 0 saturated heterocycles. The third-order valence-corrected chi connectivity index (χ3v) is 4.39. The summed E-state index contributed by atoms with van der Waals surface area (Å²) in [7, 11) is 3.23. The Bertz CT molecular complexity index is 876. The highest BCUT2D eigenvalue weighted by molar-refractivity contribution is 5.96. The SMILES string of the molecule is COc1ccc(NC(=O)CN(C)CC(=O)NCC(=O)Nc2c(C)cccc2C)cc1. The van der Waals surface area contributed by atoms with Gasteiger partial charge in [0.25, 0.3) is 0 Å². The Morgan fingerprint density at radius 3 is 2.07 bits per heavy atom. The van der Waals surface area contributed by atoms with Gasteiger partial charge in [-0.3, -0.25) is 19.3 Å². The van der Waals surface area contributed by atoms with E-state index in [1.807, 2.05) is 32.0 Å².